The zero-order valence-electron chi connectivity index (χ0n) is 16.6. The molecule has 17 nitrogen and oxygen atoms in total. The van der Waals surface area contributed by atoms with Crippen molar-refractivity contribution < 1.29 is 52.5 Å². The number of rotatable bonds is 8. The number of hydrogen-bond acceptors (Lipinski definition) is 15. The molecule has 0 aromatic carbocycles. The molecule has 0 spiro atoms. The molecule has 2 aliphatic heterocycles. The smallest absolute Gasteiger partial charge is 0.389 e. The number of phosphoric acid groups is 1. The van der Waals surface area contributed by atoms with Gasteiger partial charge in [-0.05, 0) is 4.31 Å². The molecule has 19 heteroatoms. The fraction of sp³-hybridized carbons (Fsp3) is 0.643. The first-order valence-electron chi connectivity index (χ1n) is 9.42. The maximum Gasteiger partial charge on any atom is 0.708 e. The van der Waals surface area contributed by atoms with E-state index in [1.807, 2.05) is 0 Å². The summed E-state index contributed by atoms with van der Waals surface area (Å²) in [5, 5.41) is 42.1. The lowest BCUT2D eigenvalue weighted by Gasteiger charge is -2.16. The fourth-order valence-electron chi connectivity index (χ4n) is 3.34. The van der Waals surface area contributed by atoms with Gasteiger partial charge in [0.15, 0.2) is 17.7 Å². The van der Waals surface area contributed by atoms with Crippen LogP contribution in [-0.2, 0) is 27.2 Å². The van der Waals surface area contributed by atoms with Crippen LogP contribution < -0.4 is 11.1 Å². The third kappa shape index (κ3) is 5.05. The first-order valence-corrected chi connectivity index (χ1v) is 12.0. The van der Waals surface area contributed by atoms with E-state index in [0.29, 0.717) is 0 Å². The van der Waals surface area contributed by atoms with Crippen LogP contribution in [0, 0.1) is 0 Å². The number of nitrogens with zero attached hydrogens (tertiary/aromatic N) is 4. The number of imidazole rings is 1. The normalized spacial score (nSPS) is 34.6. The summed E-state index contributed by atoms with van der Waals surface area (Å²) in [6.07, 6.45) is -7.01. The molecule has 9 atom stereocenters. The number of phosphoric ester groups is 1. The van der Waals surface area contributed by atoms with Crippen molar-refractivity contribution in [2.75, 3.05) is 18.9 Å². The second-order valence-electron chi connectivity index (χ2n) is 7.19. The summed E-state index contributed by atoms with van der Waals surface area (Å²) in [5.41, 5.74) is 6.22. The average molecular weight is 511 g/mol. The number of nitrogen functional groups attached to an aromatic ring is 1. The number of hydrogen-bond donors (Lipinski definition) is 7. The molecule has 0 bridgehead atoms. The Morgan fingerprint density at radius 1 is 1.24 bits per heavy atom. The highest BCUT2D eigenvalue weighted by Crippen LogP contribution is 2.53. The standard InChI is InChI=1S/C14H20N6O11P2/c15-11-7-12(18-3-17-11)20(4-19-7)14-10(24)9(23)6(29-14)2-28-32(25)31-33(26,27)30-13-8(22)5(21)1-16-13/h3-6,8-10,13-14,16,21-24H,1-2H2,(H2-,15,17,18,26,27)/p+1/t5-,6-,8?,9?,10?,13?,14-/m1/s1. The second kappa shape index (κ2) is 9.50. The van der Waals surface area contributed by atoms with Crippen molar-refractivity contribution in [3.8, 4) is 0 Å². The molecule has 0 amide bonds. The van der Waals surface area contributed by atoms with Gasteiger partial charge in [0.25, 0.3) is 0 Å². The highest BCUT2D eigenvalue weighted by atomic mass is 31.2. The number of nitrogens with two attached hydrogens (primary N) is 1. The Kier molecular flexibility index (Phi) is 7.02. The summed E-state index contributed by atoms with van der Waals surface area (Å²) in [4.78, 5) is 21.6. The number of fused-ring (bicyclic) bond motifs is 1. The first kappa shape index (κ1) is 24.4. The molecule has 4 heterocycles. The summed E-state index contributed by atoms with van der Waals surface area (Å²) >= 11 is 0. The molecule has 6 unspecified atom stereocenters. The first-order chi connectivity index (χ1) is 15.6. The molecular weight excluding hydrogens is 490 g/mol. The monoisotopic (exact) mass is 511 g/mol. The molecule has 4 rings (SSSR count). The van der Waals surface area contributed by atoms with Crippen molar-refractivity contribution in [1.82, 2.24) is 24.8 Å². The van der Waals surface area contributed by atoms with Crippen LogP contribution in [0.1, 0.15) is 6.23 Å². The third-order valence-electron chi connectivity index (χ3n) is 4.99. The van der Waals surface area contributed by atoms with Gasteiger partial charge in [-0.15, -0.1) is 4.52 Å². The Morgan fingerprint density at radius 3 is 2.70 bits per heavy atom. The zero-order valence-corrected chi connectivity index (χ0v) is 18.3. The Labute approximate surface area is 185 Å². The molecule has 2 aliphatic rings. The van der Waals surface area contributed by atoms with Gasteiger partial charge >= 0.3 is 16.1 Å². The molecule has 33 heavy (non-hydrogen) atoms. The second-order valence-corrected chi connectivity index (χ2v) is 9.70. The highest BCUT2D eigenvalue weighted by Gasteiger charge is 2.48. The van der Waals surface area contributed by atoms with Gasteiger partial charge in [0.1, 0.15) is 49.1 Å². The number of nitrogens with one attached hydrogen (secondary N) is 1. The number of ether oxygens (including phenoxy) is 1. The van der Waals surface area contributed by atoms with Crippen LogP contribution in [0.2, 0.25) is 0 Å². The van der Waals surface area contributed by atoms with Gasteiger partial charge < -0.3 is 30.9 Å². The molecule has 0 saturated carbocycles. The zero-order chi connectivity index (χ0) is 23.9. The molecule has 2 aromatic heterocycles. The van der Waals surface area contributed by atoms with Crippen LogP contribution in [0.4, 0.5) is 5.82 Å². The van der Waals surface area contributed by atoms with E-state index in [2.05, 4.69) is 29.1 Å². The van der Waals surface area contributed by atoms with Gasteiger partial charge in [0, 0.05) is 11.1 Å². The van der Waals surface area contributed by atoms with E-state index in [1.165, 1.54) is 17.2 Å². The van der Waals surface area contributed by atoms with Gasteiger partial charge in [-0.1, -0.05) is 0 Å². The van der Waals surface area contributed by atoms with E-state index >= 15 is 0 Å². The largest absolute Gasteiger partial charge is 0.708 e. The molecular formula is C14H21N6O11P2+. The van der Waals surface area contributed by atoms with E-state index in [9.17, 15) is 34.4 Å². The predicted octanol–water partition coefficient (Wildman–Crippen LogP) is -2.51. The molecule has 8 N–H and O–H groups in total. The summed E-state index contributed by atoms with van der Waals surface area (Å²) in [6, 6.07) is 0. The van der Waals surface area contributed by atoms with Crippen LogP contribution in [0.25, 0.3) is 11.2 Å². The summed E-state index contributed by atoms with van der Waals surface area (Å²) in [5.74, 6) is 0.103. The lowest BCUT2D eigenvalue weighted by atomic mass is 10.1. The molecule has 182 valence electrons. The van der Waals surface area contributed by atoms with Gasteiger partial charge in [0.2, 0.25) is 0 Å². The van der Waals surface area contributed by atoms with Crippen LogP contribution in [0.5, 0.6) is 0 Å². The Hall–Kier alpha value is -1.72. The molecule has 2 aromatic rings. The van der Waals surface area contributed by atoms with Crippen molar-refractivity contribution in [1.29, 1.82) is 0 Å². The minimum Gasteiger partial charge on any atom is -0.389 e. The number of aliphatic hydroxyl groups excluding tert-OH is 4. The molecule has 0 aliphatic carbocycles. The summed E-state index contributed by atoms with van der Waals surface area (Å²) in [7, 11) is -8.21. The Morgan fingerprint density at radius 2 is 2.00 bits per heavy atom. The number of aliphatic hydroxyl groups is 4. The number of β-amino-alcohol motifs (C(OH)–C–C–N with tert-alkyl or cyclic N) is 1. The van der Waals surface area contributed by atoms with Crippen molar-refractivity contribution >= 4 is 33.1 Å². The lowest BCUT2D eigenvalue weighted by Crippen LogP contribution is -2.34. The fourth-order valence-corrected chi connectivity index (χ4v) is 5.11. The lowest BCUT2D eigenvalue weighted by molar-refractivity contribution is -0.0480. The average Bonchev–Trinajstić information content (AvgIpc) is 3.40. The van der Waals surface area contributed by atoms with Gasteiger partial charge in [-0.2, -0.15) is 0 Å². The number of aromatic nitrogens is 4. The summed E-state index contributed by atoms with van der Waals surface area (Å²) < 4.78 is 44.7. The van der Waals surface area contributed by atoms with Gasteiger partial charge in [-0.25, -0.2) is 19.5 Å². The SMILES string of the molecule is Nc1ncnc2c1ncn2[C@@H]1O[C@H](CO[P+](=O)OP(=O)(O)OC2NC[C@@H](O)C2O)C(O)C1O. The van der Waals surface area contributed by atoms with Crippen molar-refractivity contribution in [2.45, 2.75) is 43.0 Å². The maximum atomic E-state index is 12.0. The van der Waals surface area contributed by atoms with Crippen molar-refractivity contribution in [3.05, 3.63) is 12.7 Å². The number of anilines is 1. The topological polar surface area (TPSA) is 254 Å². The van der Waals surface area contributed by atoms with Crippen LogP contribution in [0.3, 0.4) is 0 Å². The van der Waals surface area contributed by atoms with Crippen LogP contribution in [-0.4, -0.2) is 94.7 Å². The van der Waals surface area contributed by atoms with E-state index in [1.54, 1.807) is 0 Å². The summed E-state index contributed by atoms with van der Waals surface area (Å²) in [6.45, 7) is -0.698. The Bertz CT molecular complexity index is 1070. The molecule has 0 radical (unpaired) electrons. The van der Waals surface area contributed by atoms with Crippen molar-refractivity contribution in [2.24, 2.45) is 0 Å². The highest BCUT2D eigenvalue weighted by molar-refractivity contribution is 7.56. The molecule has 2 saturated heterocycles. The van der Waals surface area contributed by atoms with Crippen molar-refractivity contribution in [3.63, 3.8) is 0 Å². The van der Waals surface area contributed by atoms with Crippen LogP contribution in [0.15, 0.2) is 12.7 Å². The van der Waals surface area contributed by atoms with Gasteiger partial charge in [-0.3, -0.25) is 19.3 Å². The molecule has 2 fully saturated rings. The van der Waals surface area contributed by atoms with E-state index in [4.69, 9.17) is 15.0 Å². The third-order valence-corrected chi connectivity index (χ3v) is 7.20. The van der Waals surface area contributed by atoms with Gasteiger partial charge in [0.05, 0.1) is 12.4 Å². The van der Waals surface area contributed by atoms with E-state index < -0.39 is 65.7 Å². The van der Waals surface area contributed by atoms with E-state index in [0.717, 1.165) is 0 Å². The Balaban J connectivity index is 1.34. The quantitative estimate of drug-likeness (QED) is 0.181. The van der Waals surface area contributed by atoms with Crippen LogP contribution >= 0.6 is 16.1 Å². The maximum absolute atomic E-state index is 12.0. The minimum absolute atomic E-state index is 0.0975. The predicted molar refractivity (Wildman–Crippen MR) is 105 cm³/mol. The minimum atomic E-state index is -4.97. The van der Waals surface area contributed by atoms with E-state index in [-0.39, 0.29) is 23.5 Å².